The summed E-state index contributed by atoms with van der Waals surface area (Å²) in [5.41, 5.74) is 1.08. The van der Waals surface area contributed by atoms with Gasteiger partial charge in [-0.25, -0.2) is 0 Å². The number of aliphatic hydroxyl groups is 1. The number of carbonyl (C=O) groups excluding carboxylic acids is 4. The molecule has 1 aromatic rings. The van der Waals surface area contributed by atoms with Gasteiger partial charge in [-0.05, 0) is 66.8 Å². The molecule has 0 saturated heterocycles. The van der Waals surface area contributed by atoms with E-state index in [-0.39, 0.29) is 12.5 Å². The number of ether oxygens (including phenoxy) is 4. The van der Waals surface area contributed by atoms with Gasteiger partial charge in [0, 0.05) is 38.1 Å². The van der Waals surface area contributed by atoms with Gasteiger partial charge in [0.2, 0.25) is 0 Å². The van der Waals surface area contributed by atoms with Crippen LogP contribution in [0.15, 0.2) is 53.6 Å². The molecular formula is C36H49NO9. The van der Waals surface area contributed by atoms with E-state index in [1.54, 1.807) is 7.05 Å². The molecule has 1 aromatic carbocycles. The number of rotatable bonds is 8. The summed E-state index contributed by atoms with van der Waals surface area (Å²) in [6.07, 6.45) is -3.34. The van der Waals surface area contributed by atoms with Gasteiger partial charge < -0.3 is 29.4 Å². The molecule has 2 fully saturated rings. The quantitative estimate of drug-likeness (QED) is 0.233. The molecule has 0 unspecified atom stereocenters. The monoisotopic (exact) mass is 639 g/mol. The highest BCUT2D eigenvalue weighted by molar-refractivity contribution is 5.71. The lowest BCUT2D eigenvalue weighted by Crippen LogP contribution is -2.63. The van der Waals surface area contributed by atoms with Gasteiger partial charge in [0.25, 0.3) is 0 Å². The van der Waals surface area contributed by atoms with Crippen LogP contribution in [0.25, 0.3) is 0 Å². The molecule has 2 N–H and O–H groups in total. The van der Waals surface area contributed by atoms with Crippen molar-refractivity contribution in [1.29, 1.82) is 0 Å². The highest BCUT2D eigenvalue weighted by atomic mass is 16.6. The summed E-state index contributed by atoms with van der Waals surface area (Å²) in [4.78, 5) is 50.9. The molecular weight excluding hydrogens is 590 g/mol. The van der Waals surface area contributed by atoms with Gasteiger partial charge >= 0.3 is 23.9 Å². The first-order valence-electron chi connectivity index (χ1n) is 16.0. The molecule has 0 aliphatic heterocycles. The van der Waals surface area contributed by atoms with E-state index in [4.69, 9.17) is 18.9 Å². The number of hydrogen-bond acceptors (Lipinski definition) is 10. The Morgan fingerprint density at radius 1 is 0.957 bits per heavy atom. The Morgan fingerprint density at radius 2 is 1.57 bits per heavy atom. The van der Waals surface area contributed by atoms with Gasteiger partial charge in [-0.2, -0.15) is 0 Å². The number of carbonyl (C=O) groups is 4. The second-order valence-electron chi connectivity index (χ2n) is 13.8. The normalized spacial score (nSPS) is 32.6. The number of esters is 4. The Bertz CT molecular complexity index is 1380. The van der Waals surface area contributed by atoms with E-state index in [1.807, 2.05) is 58.0 Å². The first kappa shape index (κ1) is 35.4. The molecule has 10 nitrogen and oxygen atoms in total. The fraction of sp³-hybridized carbons (Fsp3) is 0.611. The van der Waals surface area contributed by atoms with E-state index in [0.29, 0.717) is 36.0 Å². The lowest BCUT2D eigenvalue weighted by Gasteiger charge is -2.59. The third-order valence-corrected chi connectivity index (χ3v) is 10.5. The average molecular weight is 640 g/mol. The third kappa shape index (κ3) is 6.79. The van der Waals surface area contributed by atoms with Gasteiger partial charge in [0.05, 0.1) is 12.5 Å². The standard InChI is InChI=1S/C36H49NO9/c1-19-27(46-29(41)18-26(37-9)24-13-11-10-12-14-24)15-16-36(8)30(19)32(42)25-17-28(43-21(3)38)20(2)31(35(25,6)7)33(44-22(4)39)34(36)45-23(5)40/h10-14,25-28,30,32-34,37,42H,1,15-18H2,2-9H3/t25-,26+,27-,28-,30-,32+,33+,34-,36+/m0/s1. The van der Waals surface area contributed by atoms with Crippen molar-refractivity contribution in [3.63, 3.8) is 0 Å². The van der Waals surface area contributed by atoms with Crippen LogP contribution in [0.3, 0.4) is 0 Å². The van der Waals surface area contributed by atoms with Crippen LogP contribution in [-0.2, 0) is 38.1 Å². The van der Waals surface area contributed by atoms with E-state index in [9.17, 15) is 24.3 Å². The maximum absolute atomic E-state index is 13.3. The van der Waals surface area contributed by atoms with Crippen molar-refractivity contribution in [1.82, 2.24) is 5.32 Å². The zero-order chi connectivity index (χ0) is 34.1. The fourth-order valence-corrected chi connectivity index (χ4v) is 8.40. The molecule has 0 radical (unpaired) electrons. The van der Waals surface area contributed by atoms with E-state index >= 15 is 0 Å². The van der Waals surface area contributed by atoms with Crippen LogP contribution in [0.1, 0.15) is 85.8 Å². The number of hydrogen-bond donors (Lipinski definition) is 2. The Morgan fingerprint density at radius 3 is 2.13 bits per heavy atom. The maximum Gasteiger partial charge on any atom is 0.308 e. The molecule has 46 heavy (non-hydrogen) atoms. The first-order chi connectivity index (χ1) is 21.5. The number of aliphatic hydroxyl groups excluding tert-OH is 1. The van der Waals surface area contributed by atoms with Crippen LogP contribution in [-0.4, -0.2) is 66.6 Å². The lowest BCUT2D eigenvalue weighted by molar-refractivity contribution is -0.198. The molecule has 4 rings (SSSR count). The predicted molar refractivity (Wildman–Crippen MR) is 170 cm³/mol. The van der Waals surface area contributed by atoms with Gasteiger partial charge in [-0.1, -0.05) is 57.7 Å². The SMILES string of the molecule is C=C1[C@@H](OC(=O)C[C@@H](NC)c2ccccc2)CC[C@@]2(C)[C@@H](OC(C)=O)[C@H](OC(C)=O)C3=C(C)[C@@H](OC(C)=O)C[C@@H]([C@@H](O)[C@H]12)C3(C)C. The second-order valence-corrected chi connectivity index (χ2v) is 13.8. The van der Waals surface area contributed by atoms with Crippen LogP contribution < -0.4 is 5.32 Å². The van der Waals surface area contributed by atoms with Crippen molar-refractivity contribution in [2.24, 2.45) is 22.7 Å². The van der Waals surface area contributed by atoms with Crippen molar-refractivity contribution in [3.05, 3.63) is 59.2 Å². The summed E-state index contributed by atoms with van der Waals surface area (Å²) in [6.45, 7) is 16.0. The molecule has 0 spiro atoms. The summed E-state index contributed by atoms with van der Waals surface area (Å²) in [5.74, 6) is -3.24. The van der Waals surface area contributed by atoms with Gasteiger partial charge in [0.15, 0.2) is 6.10 Å². The highest BCUT2D eigenvalue weighted by Gasteiger charge is 2.63. The molecule has 10 heteroatoms. The molecule has 0 heterocycles. The zero-order valence-electron chi connectivity index (χ0n) is 28.3. The molecule has 2 saturated carbocycles. The van der Waals surface area contributed by atoms with Crippen LogP contribution >= 0.6 is 0 Å². The van der Waals surface area contributed by atoms with Crippen molar-refractivity contribution in [2.75, 3.05) is 7.05 Å². The van der Waals surface area contributed by atoms with Crippen LogP contribution in [0.2, 0.25) is 0 Å². The topological polar surface area (TPSA) is 137 Å². The van der Waals surface area contributed by atoms with Crippen molar-refractivity contribution >= 4 is 23.9 Å². The molecule has 0 aromatic heterocycles. The van der Waals surface area contributed by atoms with Gasteiger partial charge in [-0.3, -0.25) is 19.2 Å². The molecule has 252 valence electrons. The first-order valence-corrected chi connectivity index (χ1v) is 16.0. The molecule has 0 amide bonds. The minimum Gasteiger partial charge on any atom is -0.458 e. The molecule has 3 aliphatic carbocycles. The maximum atomic E-state index is 13.3. The van der Waals surface area contributed by atoms with E-state index < -0.39 is 77.1 Å². The largest absolute Gasteiger partial charge is 0.458 e. The second kappa shape index (κ2) is 13.7. The van der Waals surface area contributed by atoms with Crippen LogP contribution in [0, 0.1) is 22.7 Å². The highest BCUT2D eigenvalue weighted by Crippen LogP contribution is 2.60. The summed E-state index contributed by atoms with van der Waals surface area (Å²) in [6, 6.07) is 9.37. The minimum atomic E-state index is -1.05. The Labute approximate surface area is 271 Å². The summed E-state index contributed by atoms with van der Waals surface area (Å²) < 4.78 is 23.9. The van der Waals surface area contributed by atoms with E-state index in [1.165, 1.54) is 20.8 Å². The lowest BCUT2D eigenvalue weighted by atomic mass is 9.49. The summed E-state index contributed by atoms with van der Waals surface area (Å²) in [7, 11) is 1.79. The van der Waals surface area contributed by atoms with Crippen LogP contribution in [0.4, 0.5) is 0 Å². The van der Waals surface area contributed by atoms with Crippen molar-refractivity contribution in [3.8, 4) is 0 Å². The van der Waals surface area contributed by atoms with Crippen molar-refractivity contribution < 1.29 is 43.2 Å². The van der Waals surface area contributed by atoms with Crippen molar-refractivity contribution in [2.45, 2.75) is 111 Å². The molecule has 9 atom stereocenters. The summed E-state index contributed by atoms with van der Waals surface area (Å²) >= 11 is 0. The third-order valence-electron chi connectivity index (χ3n) is 10.5. The Balaban J connectivity index is 1.78. The van der Waals surface area contributed by atoms with Crippen LogP contribution in [0.5, 0.6) is 0 Å². The van der Waals surface area contributed by atoms with Gasteiger partial charge in [0.1, 0.15) is 18.3 Å². The molecule has 3 aliphatic rings. The predicted octanol–water partition coefficient (Wildman–Crippen LogP) is 4.75. The number of nitrogens with one attached hydrogen (secondary N) is 1. The Hall–Kier alpha value is -3.50. The fourth-order valence-electron chi connectivity index (χ4n) is 8.40. The number of fused-ring (bicyclic) bond motifs is 3. The minimum absolute atomic E-state index is 0.0898. The van der Waals surface area contributed by atoms with E-state index in [0.717, 1.165) is 5.56 Å². The number of benzene rings is 1. The Kier molecular flexibility index (Phi) is 10.5. The zero-order valence-corrected chi connectivity index (χ0v) is 28.3. The average Bonchev–Trinajstić information content (AvgIpc) is 2.96. The van der Waals surface area contributed by atoms with E-state index in [2.05, 4.69) is 11.9 Å². The van der Waals surface area contributed by atoms with Gasteiger partial charge in [-0.15, -0.1) is 0 Å². The smallest absolute Gasteiger partial charge is 0.308 e. The summed E-state index contributed by atoms with van der Waals surface area (Å²) in [5, 5.41) is 15.6. The molecule has 2 bridgehead atoms.